The lowest BCUT2D eigenvalue weighted by Crippen LogP contribution is -2.50. The number of hydrogen-bond donors (Lipinski definition) is 2. The summed E-state index contributed by atoms with van der Waals surface area (Å²) in [5, 5.41) is 6.35. The molecule has 2 heterocycles. The van der Waals surface area contributed by atoms with E-state index < -0.39 is 0 Å². The van der Waals surface area contributed by atoms with E-state index in [0.717, 1.165) is 11.3 Å². The lowest BCUT2D eigenvalue weighted by molar-refractivity contribution is -0.151. The zero-order valence-corrected chi connectivity index (χ0v) is 8.19. The fraction of sp³-hybridized carbons (Fsp3) is 0.364. The summed E-state index contributed by atoms with van der Waals surface area (Å²) in [6.07, 6.45) is 7.60. The minimum absolute atomic E-state index is 0.140. The van der Waals surface area contributed by atoms with Crippen molar-refractivity contribution in [3.8, 4) is 0 Å². The molecular formula is C11H12N2O2. The monoisotopic (exact) mass is 204 g/mol. The Bertz CT molecular complexity index is 395. The second-order valence-electron chi connectivity index (χ2n) is 3.83. The van der Waals surface area contributed by atoms with E-state index in [2.05, 4.69) is 10.6 Å². The zero-order valence-electron chi connectivity index (χ0n) is 8.19. The molecule has 3 aliphatic rings. The van der Waals surface area contributed by atoms with Gasteiger partial charge in [-0.1, -0.05) is 18.2 Å². The molecule has 0 amide bonds. The predicted molar refractivity (Wildman–Crippen MR) is 54.7 cm³/mol. The summed E-state index contributed by atoms with van der Waals surface area (Å²) in [5.41, 5.74) is 2.11. The number of ether oxygens (including phenoxy) is 1. The molecule has 4 heteroatoms. The van der Waals surface area contributed by atoms with Gasteiger partial charge in [0.2, 0.25) is 0 Å². The largest absolute Gasteiger partial charge is 0.453 e. The Morgan fingerprint density at radius 2 is 2.33 bits per heavy atom. The van der Waals surface area contributed by atoms with Gasteiger partial charge in [0.25, 0.3) is 0 Å². The molecule has 2 N–H and O–H groups in total. The van der Waals surface area contributed by atoms with Crippen LogP contribution in [-0.4, -0.2) is 25.3 Å². The number of carbonyl (C=O) groups is 1. The van der Waals surface area contributed by atoms with Gasteiger partial charge in [0.1, 0.15) is 12.0 Å². The molecule has 0 aromatic rings. The lowest BCUT2D eigenvalue weighted by Gasteiger charge is -2.35. The van der Waals surface area contributed by atoms with Gasteiger partial charge in [0, 0.05) is 17.8 Å². The van der Waals surface area contributed by atoms with Crippen LogP contribution in [0.4, 0.5) is 0 Å². The quantitative estimate of drug-likeness (QED) is 0.548. The smallest absolute Gasteiger partial charge is 0.317 e. The van der Waals surface area contributed by atoms with Gasteiger partial charge in [-0.15, -0.1) is 0 Å². The van der Waals surface area contributed by atoms with Gasteiger partial charge in [-0.05, 0) is 6.08 Å². The predicted octanol–water partition coefficient (Wildman–Crippen LogP) is 0.0584. The van der Waals surface area contributed by atoms with Crippen LogP contribution in [0.1, 0.15) is 0 Å². The van der Waals surface area contributed by atoms with Crippen molar-refractivity contribution in [3.05, 3.63) is 35.6 Å². The Hall–Kier alpha value is -1.55. The Morgan fingerprint density at radius 3 is 3.27 bits per heavy atom. The first-order chi connectivity index (χ1) is 7.36. The van der Waals surface area contributed by atoms with Crippen molar-refractivity contribution in [1.29, 1.82) is 0 Å². The Labute approximate surface area is 87.7 Å². The molecule has 3 rings (SSSR count). The van der Waals surface area contributed by atoms with Crippen molar-refractivity contribution < 1.29 is 9.53 Å². The van der Waals surface area contributed by atoms with Gasteiger partial charge in [-0.3, -0.25) is 10.1 Å². The summed E-state index contributed by atoms with van der Waals surface area (Å²) in [5.74, 6) is -0.306. The molecule has 0 aromatic heterocycles. The van der Waals surface area contributed by atoms with Crippen molar-refractivity contribution in [2.24, 2.45) is 5.92 Å². The van der Waals surface area contributed by atoms with E-state index in [0.29, 0.717) is 13.2 Å². The topological polar surface area (TPSA) is 50.4 Å². The molecule has 1 aliphatic carbocycles. The second kappa shape index (κ2) is 3.24. The summed E-state index contributed by atoms with van der Waals surface area (Å²) in [6.45, 7) is 1.38. The molecule has 2 atom stereocenters. The maximum Gasteiger partial charge on any atom is 0.317 e. The van der Waals surface area contributed by atoms with Crippen molar-refractivity contribution in [2.45, 2.75) is 6.10 Å². The molecule has 1 fully saturated rings. The summed E-state index contributed by atoms with van der Waals surface area (Å²) in [4.78, 5) is 11.7. The van der Waals surface area contributed by atoms with Gasteiger partial charge >= 0.3 is 5.97 Å². The Balaban J connectivity index is 2.06. The number of nitrogens with one attached hydrogen (secondary N) is 2. The summed E-state index contributed by atoms with van der Waals surface area (Å²) >= 11 is 0. The van der Waals surface area contributed by atoms with Crippen LogP contribution in [-0.2, 0) is 9.53 Å². The number of rotatable bonds is 0. The average Bonchev–Trinajstić information content (AvgIpc) is 2.30. The van der Waals surface area contributed by atoms with Gasteiger partial charge in [0.15, 0.2) is 0 Å². The first-order valence-electron chi connectivity index (χ1n) is 5.10. The first-order valence-corrected chi connectivity index (χ1v) is 5.10. The van der Waals surface area contributed by atoms with E-state index in [1.54, 1.807) is 0 Å². The highest BCUT2D eigenvalue weighted by Crippen LogP contribution is 2.29. The molecule has 0 aromatic carbocycles. The van der Waals surface area contributed by atoms with Crippen LogP contribution < -0.4 is 10.6 Å². The highest BCUT2D eigenvalue weighted by molar-refractivity contribution is 5.79. The molecule has 2 unspecified atom stereocenters. The van der Waals surface area contributed by atoms with Crippen molar-refractivity contribution >= 4 is 5.97 Å². The second-order valence-corrected chi connectivity index (χ2v) is 3.83. The SMILES string of the molecule is O=C1OC2C=CC=CC2=C2NCNCC12. The van der Waals surface area contributed by atoms with E-state index in [1.165, 1.54) is 0 Å². The number of esters is 1. The summed E-state index contributed by atoms with van der Waals surface area (Å²) < 4.78 is 5.34. The number of allylic oxidation sites excluding steroid dienone is 2. The van der Waals surface area contributed by atoms with E-state index in [9.17, 15) is 4.79 Å². The molecule has 15 heavy (non-hydrogen) atoms. The summed E-state index contributed by atoms with van der Waals surface area (Å²) in [6, 6.07) is 0. The third-order valence-electron chi connectivity index (χ3n) is 2.92. The van der Waals surface area contributed by atoms with E-state index in [1.807, 2.05) is 24.3 Å². The molecule has 0 spiro atoms. The minimum atomic E-state index is -0.195. The highest BCUT2D eigenvalue weighted by atomic mass is 16.5. The third-order valence-corrected chi connectivity index (χ3v) is 2.92. The van der Waals surface area contributed by atoms with E-state index >= 15 is 0 Å². The molecule has 4 nitrogen and oxygen atoms in total. The van der Waals surface area contributed by atoms with Gasteiger partial charge in [0.05, 0.1) is 6.67 Å². The van der Waals surface area contributed by atoms with E-state index in [4.69, 9.17) is 4.74 Å². The average molecular weight is 204 g/mol. The maximum atomic E-state index is 11.7. The standard InChI is InChI=1S/C11H12N2O2/c14-11-8-5-12-6-13-10(8)7-3-1-2-4-9(7)15-11/h1-4,8-9,12-13H,5-6H2. The highest BCUT2D eigenvalue weighted by Gasteiger charge is 2.37. The summed E-state index contributed by atoms with van der Waals surface area (Å²) in [7, 11) is 0. The zero-order chi connectivity index (χ0) is 10.3. The van der Waals surface area contributed by atoms with Crippen LogP contribution in [0.5, 0.6) is 0 Å². The number of hydrogen-bond acceptors (Lipinski definition) is 4. The molecule has 2 aliphatic heterocycles. The molecule has 78 valence electrons. The van der Waals surface area contributed by atoms with Crippen molar-refractivity contribution in [2.75, 3.05) is 13.2 Å². The molecule has 0 saturated carbocycles. The van der Waals surface area contributed by atoms with E-state index in [-0.39, 0.29) is 18.0 Å². The van der Waals surface area contributed by atoms with Gasteiger partial charge in [-0.25, -0.2) is 0 Å². The fourth-order valence-corrected chi connectivity index (χ4v) is 2.18. The van der Waals surface area contributed by atoms with Crippen LogP contribution in [0.3, 0.4) is 0 Å². The van der Waals surface area contributed by atoms with Crippen LogP contribution >= 0.6 is 0 Å². The normalized spacial score (nSPS) is 32.9. The fourth-order valence-electron chi connectivity index (χ4n) is 2.18. The van der Waals surface area contributed by atoms with Gasteiger partial charge in [-0.2, -0.15) is 0 Å². The van der Waals surface area contributed by atoms with Crippen LogP contribution in [0.2, 0.25) is 0 Å². The van der Waals surface area contributed by atoms with Crippen LogP contribution in [0.25, 0.3) is 0 Å². The molecule has 0 radical (unpaired) electrons. The number of fused-ring (bicyclic) bond motifs is 2. The Morgan fingerprint density at radius 1 is 1.40 bits per heavy atom. The van der Waals surface area contributed by atoms with Crippen molar-refractivity contribution in [3.63, 3.8) is 0 Å². The molecule has 0 bridgehead atoms. The molecular weight excluding hydrogens is 192 g/mol. The van der Waals surface area contributed by atoms with Crippen LogP contribution in [0, 0.1) is 5.92 Å². The minimum Gasteiger partial charge on any atom is -0.453 e. The Kier molecular flexibility index (Phi) is 1.89. The number of carbonyl (C=O) groups excluding carboxylic acids is 1. The van der Waals surface area contributed by atoms with Gasteiger partial charge < -0.3 is 10.1 Å². The molecule has 1 saturated heterocycles. The first kappa shape index (κ1) is 8.73. The van der Waals surface area contributed by atoms with Crippen molar-refractivity contribution in [1.82, 2.24) is 10.6 Å². The lowest BCUT2D eigenvalue weighted by atomic mass is 9.91. The third kappa shape index (κ3) is 1.29. The van der Waals surface area contributed by atoms with Crippen LogP contribution in [0.15, 0.2) is 35.6 Å². The maximum absolute atomic E-state index is 11.7.